The number of unbranched alkanes of at least 4 members (excludes halogenated alkanes) is 2. The summed E-state index contributed by atoms with van der Waals surface area (Å²) in [7, 11) is -0.190. The maximum Gasteiger partial charge on any atom is 0.359 e. The first kappa shape index (κ1) is 30.2. The second-order valence-corrected chi connectivity index (χ2v) is 10.6. The number of esters is 2. The van der Waals surface area contributed by atoms with Gasteiger partial charge in [0.25, 0.3) is 5.69 Å². The molecule has 0 amide bonds. The predicted octanol–water partition coefficient (Wildman–Crippen LogP) is 5.28. The van der Waals surface area contributed by atoms with Crippen LogP contribution in [0.15, 0.2) is 46.5 Å². The van der Waals surface area contributed by atoms with E-state index in [0.717, 1.165) is 6.42 Å². The summed E-state index contributed by atoms with van der Waals surface area (Å²) in [5, 5.41) is 11.7. The Bertz CT molecular complexity index is 1120. The van der Waals surface area contributed by atoms with Crippen LogP contribution in [0.5, 0.6) is 0 Å². The molecule has 1 aromatic carbocycles. The fourth-order valence-electron chi connectivity index (χ4n) is 4.52. The first-order valence-corrected chi connectivity index (χ1v) is 13.5. The zero-order chi connectivity index (χ0) is 27.8. The topological polar surface area (TPSA) is 135 Å². The third-order valence-electron chi connectivity index (χ3n) is 6.30. The zero-order valence-electron chi connectivity index (χ0n) is 22.1. The van der Waals surface area contributed by atoms with Crippen LogP contribution in [0.2, 0.25) is 0 Å². The lowest BCUT2D eigenvalue weighted by atomic mass is 9.85. The fourth-order valence-corrected chi connectivity index (χ4v) is 6.17. The number of carbonyl (C=O) groups excluding carboxylic acids is 2. The summed E-state index contributed by atoms with van der Waals surface area (Å²) in [6.07, 6.45) is 2.34. The van der Waals surface area contributed by atoms with Gasteiger partial charge in [0.1, 0.15) is 0 Å². The van der Waals surface area contributed by atoms with Crippen molar-refractivity contribution < 1.29 is 37.6 Å². The van der Waals surface area contributed by atoms with Crippen molar-refractivity contribution >= 4 is 25.2 Å². The number of methoxy groups -OCH3 is 1. The van der Waals surface area contributed by atoms with Crippen LogP contribution in [-0.2, 0) is 32.7 Å². The van der Waals surface area contributed by atoms with Crippen LogP contribution in [0.4, 0.5) is 5.69 Å². The van der Waals surface area contributed by atoms with Gasteiger partial charge in [-0.05, 0) is 39.2 Å². The van der Waals surface area contributed by atoms with Gasteiger partial charge in [-0.15, -0.1) is 0 Å². The normalized spacial score (nSPS) is 16.2. The molecule has 0 saturated heterocycles. The molecular weight excluding hydrogens is 503 g/mol. The van der Waals surface area contributed by atoms with E-state index in [9.17, 15) is 24.3 Å². The van der Waals surface area contributed by atoms with Gasteiger partial charge in [-0.25, -0.2) is 4.79 Å². The number of ether oxygens (including phenoxy) is 2. The van der Waals surface area contributed by atoms with Crippen molar-refractivity contribution in [1.82, 2.24) is 4.90 Å². The van der Waals surface area contributed by atoms with Crippen molar-refractivity contribution in [2.75, 3.05) is 34.5 Å². The van der Waals surface area contributed by atoms with E-state index in [2.05, 4.69) is 0 Å². The summed E-state index contributed by atoms with van der Waals surface area (Å²) in [5.74, 6) is -1.87. The van der Waals surface area contributed by atoms with E-state index in [-0.39, 0.29) is 22.5 Å². The SMILES string of the molecule is CCOC(=O)CCCCCN1C(C)=C(C(=O)OC)C(c2cccc([N+](=O)[O-])c2)C(P(=O)(OC)OC)=C1C. The summed E-state index contributed by atoms with van der Waals surface area (Å²) in [4.78, 5) is 37.5. The van der Waals surface area contributed by atoms with Gasteiger partial charge >= 0.3 is 19.5 Å². The number of non-ortho nitro benzene ring substituents is 1. The van der Waals surface area contributed by atoms with Crippen LogP contribution in [0.3, 0.4) is 0 Å². The molecule has 0 fully saturated rings. The van der Waals surface area contributed by atoms with Gasteiger partial charge in [0, 0.05) is 50.7 Å². The molecule has 204 valence electrons. The molecule has 0 aromatic heterocycles. The second kappa shape index (κ2) is 13.5. The van der Waals surface area contributed by atoms with E-state index in [4.69, 9.17) is 18.5 Å². The molecule has 1 aromatic rings. The smallest absolute Gasteiger partial charge is 0.359 e. The highest BCUT2D eigenvalue weighted by Crippen LogP contribution is 2.64. The zero-order valence-corrected chi connectivity index (χ0v) is 23.0. The minimum Gasteiger partial charge on any atom is -0.466 e. The molecular formula is C25H35N2O9P. The average Bonchev–Trinajstić information content (AvgIpc) is 2.89. The number of hydrogen-bond donors (Lipinski definition) is 0. The van der Waals surface area contributed by atoms with Crippen molar-refractivity contribution in [3.63, 3.8) is 0 Å². The standard InChI is InChI=1S/C25H35N2O9P/c1-7-36-21(28)14-9-8-10-15-26-17(2)22(25(29)33-4)23(19-12-11-13-20(16-19)27(30)31)24(18(26)3)37(32,34-5)35-6/h11-13,16,23H,7-10,14-15H2,1-6H3. The van der Waals surface area contributed by atoms with Crippen LogP contribution >= 0.6 is 7.60 Å². The highest BCUT2D eigenvalue weighted by atomic mass is 31.2. The fraction of sp³-hybridized carbons (Fsp3) is 0.520. The minimum atomic E-state index is -3.93. The molecule has 37 heavy (non-hydrogen) atoms. The van der Waals surface area contributed by atoms with Crippen molar-refractivity contribution in [1.29, 1.82) is 0 Å². The van der Waals surface area contributed by atoms with Gasteiger partial charge in [-0.1, -0.05) is 18.6 Å². The number of hydrogen-bond acceptors (Lipinski definition) is 10. The Labute approximate surface area is 217 Å². The molecule has 1 aliphatic heterocycles. The molecule has 11 nitrogen and oxygen atoms in total. The summed E-state index contributed by atoms with van der Waals surface area (Å²) in [5.41, 5.74) is 1.51. The predicted molar refractivity (Wildman–Crippen MR) is 137 cm³/mol. The Morgan fingerprint density at radius 1 is 1.08 bits per heavy atom. The highest BCUT2D eigenvalue weighted by Gasteiger charge is 2.45. The van der Waals surface area contributed by atoms with Gasteiger partial charge in [0.2, 0.25) is 0 Å². The molecule has 2 rings (SSSR count). The minimum absolute atomic E-state index is 0.176. The van der Waals surface area contributed by atoms with Crippen molar-refractivity contribution in [3.05, 3.63) is 62.2 Å². The van der Waals surface area contributed by atoms with Gasteiger partial charge in [-0.2, -0.15) is 0 Å². The van der Waals surface area contributed by atoms with Gasteiger partial charge < -0.3 is 23.4 Å². The number of nitro benzene ring substituents is 1. The van der Waals surface area contributed by atoms with Crippen LogP contribution in [0.1, 0.15) is 57.9 Å². The number of nitro groups is 1. The van der Waals surface area contributed by atoms with Crippen LogP contribution in [-0.4, -0.2) is 56.2 Å². The number of benzene rings is 1. The van der Waals surface area contributed by atoms with Crippen molar-refractivity contribution in [3.8, 4) is 0 Å². The molecule has 0 radical (unpaired) electrons. The Kier molecular flexibility index (Phi) is 11.0. The van der Waals surface area contributed by atoms with Crippen LogP contribution in [0, 0.1) is 10.1 Å². The highest BCUT2D eigenvalue weighted by molar-refractivity contribution is 7.58. The van der Waals surface area contributed by atoms with E-state index in [0.29, 0.717) is 49.4 Å². The lowest BCUT2D eigenvalue weighted by molar-refractivity contribution is -0.384. The Hall–Kier alpha value is -3.01. The molecule has 1 atom stereocenters. The summed E-state index contributed by atoms with van der Waals surface area (Å²) >= 11 is 0. The number of rotatable bonds is 13. The molecule has 0 N–H and O–H groups in total. The molecule has 1 unspecified atom stereocenters. The lowest BCUT2D eigenvalue weighted by Gasteiger charge is -2.39. The van der Waals surface area contributed by atoms with E-state index in [1.165, 1.54) is 39.5 Å². The van der Waals surface area contributed by atoms with Crippen molar-refractivity contribution in [2.45, 2.75) is 52.4 Å². The molecule has 0 saturated carbocycles. The number of allylic oxidation sites excluding steroid dienone is 3. The quantitative estimate of drug-likeness (QED) is 0.107. The number of nitrogens with zero attached hydrogens (tertiary/aromatic N) is 2. The lowest BCUT2D eigenvalue weighted by Crippen LogP contribution is -2.33. The van der Waals surface area contributed by atoms with Gasteiger partial charge in [0.05, 0.1) is 35.4 Å². The Morgan fingerprint density at radius 2 is 1.76 bits per heavy atom. The van der Waals surface area contributed by atoms with E-state index in [1.807, 2.05) is 4.90 Å². The number of carbonyl (C=O) groups is 2. The molecule has 0 bridgehead atoms. The Morgan fingerprint density at radius 3 is 2.32 bits per heavy atom. The third-order valence-corrected chi connectivity index (χ3v) is 8.43. The van der Waals surface area contributed by atoms with Gasteiger partial charge in [0.15, 0.2) is 0 Å². The second-order valence-electron chi connectivity index (χ2n) is 8.38. The maximum atomic E-state index is 13.9. The van der Waals surface area contributed by atoms with Gasteiger partial charge in [-0.3, -0.25) is 19.5 Å². The monoisotopic (exact) mass is 538 g/mol. The average molecular weight is 539 g/mol. The van der Waals surface area contributed by atoms with Crippen LogP contribution in [0.25, 0.3) is 0 Å². The van der Waals surface area contributed by atoms with Crippen molar-refractivity contribution in [2.24, 2.45) is 0 Å². The maximum absolute atomic E-state index is 13.9. The van der Waals surface area contributed by atoms with E-state index in [1.54, 1.807) is 26.8 Å². The molecule has 0 spiro atoms. The first-order chi connectivity index (χ1) is 17.6. The summed E-state index contributed by atoms with van der Waals surface area (Å²) in [6, 6.07) is 5.81. The van der Waals surface area contributed by atoms with Crippen LogP contribution < -0.4 is 0 Å². The summed E-state index contributed by atoms with van der Waals surface area (Å²) in [6.45, 7) is 6.05. The summed E-state index contributed by atoms with van der Waals surface area (Å²) < 4.78 is 34.6. The van der Waals surface area contributed by atoms with E-state index < -0.39 is 24.4 Å². The Balaban J connectivity index is 2.58. The molecule has 0 aliphatic carbocycles. The molecule has 1 heterocycles. The molecule has 1 aliphatic rings. The first-order valence-electron chi connectivity index (χ1n) is 12.0. The molecule has 12 heteroatoms. The third kappa shape index (κ3) is 6.85. The largest absolute Gasteiger partial charge is 0.466 e. The van der Waals surface area contributed by atoms with E-state index >= 15 is 0 Å².